The van der Waals surface area contributed by atoms with Gasteiger partial charge >= 0.3 is 0 Å². The number of nitrogens with two attached hydrogens (primary N) is 1. The fraction of sp³-hybridized carbons (Fsp3) is 0.647. The lowest BCUT2D eigenvalue weighted by molar-refractivity contribution is 0.301. The van der Waals surface area contributed by atoms with Gasteiger partial charge in [0.05, 0.1) is 18.0 Å². The number of fused-ring (bicyclic) bond motifs is 1. The third-order valence-electron chi connectivity index (χ3n) is 4.85. The molecule has 2 unspecified atom stereocenters. The van der Waals surface area contributed by atoms with Crippen molar-refractivity contribution >= 4 is 11.4 Å². The molecule has 1 aliphatic heterocycles. The third-order valence-corrected chi connectivity index (χ3v) is 4.85. The van der Waals surface area contributed by atoms with Crippen molar-refractivity contribution < 1.29 is 9.13 Å². The molecule has 1 heterocycles. The number of anilines is 2. The van der Waals surface area contributed by atoms with E-state index in [1.165, 1.54) is 38.2 Å². The summed E-state index contributed by atoms with van der Waals surface area (Å²) < 4.78 is 19.5. The molecule has 1 saturated heterocycles. The normalized spacial score (nSPS) is 25.0. The Balaban J connectivity index is 1.89. The first kappa shape index (κ1) is 14.5. The molecule has 0 aromatic heterocycles. The maximum atomic E-state index is 14.0. The monoisotopic (exact) mass is 292 g/mol. The molecule has 1 aromatic rings. The van der Waals surface area contributed by atoms with E-state index >= 15 is 0 Å². The molecule has 21 heavy (non-hydrogen) atoms. The predicted molar refractivity (Wildman–Crippen MR) is 84.3 cm³/mol. The lowest BCUT2D eigenvalue weighted by Gasteiger charge is -2.40. The van der Waals surface area contributed by atoms with Crippen LogP contribution in [0.4, 0.5) is 15.8 Å². The zero-order valence-electron chi connectivity index (χ0n) is 12.8. The number of nitrogens with zero attached hydrogens (tertiary/aromatic N) is 1. The molecule has 4 heteroatoms. The minimum Gasteiger partial charge on any atom is -0.490 e. The maximum Gasteiger partial charge on any atom is 0.167 e. The smallest absolute Gasteiger partial charge is 0.167 e. The van der Waals surface area contributed by atoms with Crippen LogP contribution in [0.5, 0.6) is 5.75 Å². The van der Waals surface area contributed by atoms with Crippen molar-refractivity contribution in [2.24, 2.45) is 5.92 Å². The largest absolute Gasteiger partial charge is 0.490 e. The van der Waals surface area contributed by atoms with Crippen LogP contribution in [0.15, 0.2) is 12.1 Å². The summed E-state index contributed by atoms with van der Waals surface area (Å²) in [5, 5.41) is 0. The van der Waals surface area contributed by atoms with Gasteiger partial charge in [-0.1, -0.05) is 13.3 Å². The number of hydrogen-bond donors (Lipinski definition) is 1. The average Bonchev–Trinajstić information content (AvgIpc) is 2.95. The number of piperidine rings is 1. The van der Waals surface area contributed by atoms with Crippen molar-refractivity contribution in [3.63, 3.8) is 0 Å². The molecule has 1 aliphatic carbocycles. The van der Waals surface area contributed by atoms with E-state index in [-0.39, 0.29) is 5.82 Å². The summed E-state index contributed by atoms with van der Waals surface area (Å²) in [4.78, 5) is 2.40. The Labute approximate surface area is 126 Å². The number of halogens is 1. The van der Waals surface area contributed by atoms with E-state index in [1.807, 2.05) is 6.92 Å². The molecule has 2 N–H and O–H groups in total. The Hall–Kier alpha value is -1.45. The van der Waals surface area contributed by atoms with Gasteiger partial charge in [0.25, 0.3) is 0 Å². The minimum absolute atomic E-state index is 0.334. The van der Waals surface area contributed by atoms with E-state index in [0.29, 0.717) is 24.1 Å². The van der Waals surface area contributed by atoms with Crippen LogP contribution in [-0.4, -0.2) is 19.2 Å². The molecule has 1 aromatic carbocycles. The first-order chi connectivity index (χ1) is 10.2. The van der Waals surface area contributed by atoms with Gasteiger partial charge in [-0.2, -0.15) is 0 Å². The fourth-order valence-corrected chi connectivity index (χ4v) is 3.88. The van der Waals surface area contributed by atoms with Gasteiger partial charge in [0, 0.05) is 24.7 Å². The molecule has 2 fully saturated rings. The van der Waals surface area contributed by atoms with Crippen LogP contribution in [0.3, 0.4) is 0 Å². The number of rotatable bonds is 4. The van der Waals surface area contributed by atoms with E-state index in [0.717, 1.165) is 24.6 Å². The number of hydrogen-bond acceptors (Lipinski definition) is 3. The topological polar surface area (TPSA) is 38.5 Å². The molecule has 3 rings (SSSR count). The first-order valence-corrected chi connectivity index (χ1v) is 8.19. The van der Waals surface area contributed by atoms with Gasteiger partial charge in [-0.05, 0) is 38.0 Å². The Morgan fingerprint density at radius 2 is 2.10 bits per heavy atom. The summed E-state index contributed by atoms with van der Waals surface area (Å²) in [6, 6.07) is 3.80. The van der Waals surface area contributed by atoms with E-state index in [9.17, 15) is 4.39 Å². The predicted octanol–water partition coefficient (Wildman–Crippen LogP) is 3.97. The van der Waals surface area contributed by atoms with Gasteiger partial charge in [0.1, 0.15) is 0 Å². The average molecular weight is 292 g/mol. The molecule has 1 saturated carbocycles. The molecule has 0 radical (unpaired) electrons. The second-order valence-electron chi connectivity index (χ2n) is 6.28. The number of ether oxygens (including phenoxy) is 1. The van der Waals surface area contributed by atoms with Crippen LogP contribution in [0.2, 0.25) is 0 Å². The van der Waals surface area contributed by atoms with Gasteiger partial charge in [-0.3, -0.25) is 0 Å². The summed E-state index contributed by atoms with van der Waals surface area (Å²) in [6.45, 7) is 3.57. The summed E-state index contributed by atoms with van der Waals surface area (Å²) in [7, 11) is 0. The first-order valence-electron chi connectivity index (χ1n) is 8.19. The van der Waals surface area contributed by atoms with Crippen LogP contribution >= 0.6 is 0 Å². The van der Waals surface area contributed by atoms with Crippen LogP contribution < -0.4 is 15.4 Å². The second kappa shape index (κ2) is 6.12. The lowest BCUT2D eigenvalue weighted by Crippen LogP contribution is -2.43. The van der Waals surface area contributed by atoms with Crippen LogP contribution in [0, 0.1) is 11.7 Å². The lowest BCUT2D eigenvalue weighted by atomic mass is 9.91. The molecule has 0 amide bonds. The Kier molecular flexibility index (Phi) is 4.22. The zero-order valence-corrected chi connectivity index (χ0v) is 12.8. The quantitative estimate of drug-likeness (QED) is 0.854. The molecule has 116 valence electrons. The van der Waals surface area contributed by atoms with E-state index < -0.39 is 0 Å². The van der Waals surface area contributed by atoms with Gasteiger partial charge in [0.15, 0.2) is 11.6 Å². The summed E-state index contributed by atoms with van der Waals surface area (Å²) in [6.07, 6.45) is 7.23. The highest BCUT2D eigenvalue weighted by atomic mass is 19.1. The van der Waals surface area contributed by atoms with E-state index in [2.05, 4.69) is 4.90 Å². The highest BCUT2D eigenvalue weighted by Gasteiger charge is 2.36. The minimum atomic E-state index is -0.357. The van der Waals surface area contributed by atoms with E-state index in [4.69, 9.17) is 10.5 Å². The number of benzene rings is 1. The molecule has 3 nitrogen and oxygen atoms in total. The number of nitrogen functional groups attached to an aromatic ring is 1. The molecular weight excluding hydrogens is 267 g/mol. The van der Waals surface area contributed by atoms with Crippen molar-refractivity contribution in [1.82, 2.24) is 0 Å². The SMILES string of the molecule is CCCOc1cc(N2CCCC3CCCC32)c(N)cc1F. The molecular formula is C17H25FN2O. The standard InChI is InChI=1S/C17H25FN2O/c1-2-9-21-17-11-16(14(19)10-13(17)18)20-8-4-6-12-5-3-7-15(12)20/h10-12,15H,2-9,19H2,1H3. The zero-order chi connectivity index (χ0) is 14.8. The van der Waals surface area contributed by atoms with Crippen molar-refractivity contribution in [2.75, 3.05) is 23.8 Å². The van der Waals surface area contributed by atoms with Crippen molar-refractivity contribution in [1.29, 1.82) is 0 Å². The van der Waals surface area contributed by atoms with Gasteiger partial charge in [-0.25, -0.2) is 4.39 Å². The Bertz CT molecular complexity index is 506. The fourth-order valence-electron chi connectivity index (χ4n) is 3.88. The van der Waals surface area contributed by atoms with Gasteiger partial charge in [-0.15, -0.1) is 0 Å². The molecule has 2 aliphatic rings. The van der Waals surface area contributed by atoms with Gasteiger partial charge in [0.2, 0.25) is 0 Å². The summed E-state index contributed by atoms with van der Waals surface area (Å²) in [5.74, 6) is 0.758. The highest BCUT2D eigenvalue weighted by molar-refractivity contribution is 5.70. The highest BCUT2D eigenvalue weighted by Crippen LogP contribution is 2.42. The van der Waals surface area contributed by atoms with Crippen LogP contribution in [-0.2, 0) is 0 Å². The molecule has 0 spiro atoms. The maximum absolute atomic E-state index is 14.0. The van der Waals surface area contributed by atoms with Crippen LogP contribution in [0.25, 0.3) is 0 Å². The second-order valence-corrected chi connectivity index (χ2v) is 6.28. The summed E-state index contributed by atoms with van der Waals surface area (Å²) in [5.41, 5.74) is 7.58. The Morgan fingerprint density at radius 1 is 1.29 bits per heavy atom. The van der Waals surface area contributed by atoms with E-state index in [1.54, 1.807) is 6.07 Å². The van der Waals surface area contributed by atoms with Gasteiger partial charge < -0.3 is 15.4 Å². The third kappa shape index (κ3) is 2.81. The molecule has 2 atom stereocenters. The van der Waals surface area contributed by atoms with Crippen molar-refractivity contribution in [3.05, 3.63) is 17.9 Å². The van der Waals surface area contributed by atoms with Crippen LogP contribution in [0.1, 0.15) is 45.4 Å². The molecule has 0 bridgehead atoms. The summed E-state index contributed by atoms with van der Waals surface area (Å²) >= 11 is 0. The Morgan fingerprint density at radius 3 is 2.90 bits per heavy atom. The van der Waals surface area contributed by atoms with Crippen molar-refractivity contribution in [3.8, 4) is 5.75 Å². The van der Waals surface area contributed by atoms with Crippen molar-refractivity contribution in [2.45, 2.75) is 51.5 Å².